The van der Waals surface area contributed by atoms with E-state index in [4.69, 9.17) is 17.0 Å². The minimum atomic E-state index is -2.75. The molecule has 0 spiro atoms. The second-order valence-electron chi connectivity index (χ2n) is 10.5. The van der Waals surface area contributed by atoms with Crippen LogP contribution in [0.15, 0.2) is 60.7 Å². The van der Waals surface area contributed by atoms with E-state index < -0.39 is 18.9 Å². The van der Waals surface area contributed by atoms with Gasteiger partial charge in [0.2, 0.25) is 0 Å². The Hall–Kier alpha value is -0.747. The van der Waals surface area contributed by atoms with Gasteiger partial charge in [-0.05, 0) is 0 Å². The first-order valence-electron chi connectivity index (χ1n) is 10.7. The van der Waals surface area contributed by atoms with E-state index in [2.05, 4.69) is 102 Å². The molecule has 2 aromatic carbocycles. The molecule has 0 N–H and O–H groups in total. The van der Waals surface area contributed by atoms with Crippen molar-refractivity contribution in [3.8, 4) is 0 Å². The number of hydrogen-bond donors (Lipinski definition) is 0. The molecule has 0 saturated carbocycles. The summed E-state index contributed by atoms with van der Waals surface area (Å²) in [7, 11) is 13.9. The van der Waals surface area contributed by atoms with Gasteiger partial charge in [-0.2, -0.15) is 0 Å². The topological polar surface area (TPSA) is 0 Å². The molecular weight excluding hydrogens is 486 g/mol. The molecule has 2 aromatic rings. The van der Waals surface area contributed by atoms with E-state index in [1.807, 2.05) is 0 Å². The molecule has 156 valence electrons. The van der Waals surface area contributed by atoms with Gasteiger partial charge in [-0.15, -0.1) is 0 Å². The third-order valence-corrected chi connectivity index (χ3v) is 11.5. The molecule has 3 heteroatoms. The Kier molecular flexibility index (Phi) is 5.98. The standard InChI is InChI=1S/C27H30.2ClH.Zr/c1-26(2,3)24-16-18(20-11-7-9-13-22(20)24)15-19-17-25(27(4,5)6)23-14-10-8-12-21(19)23;;;/h7-14,16-19H,1-6H3;2*1H;/q;;;+2/p-2. The van der Waals surface area contributed by atoms with E-state index in [1.165, 1.54) is 36.6 Å². The number of hydrogen-bond acceptors (Lipinski definition) is 0. The molecule has 4 rings (SSSR count). The van der Waals surface area contributed by atoms with Gasteiger partial charge in [0.05, 0.1) is 0 Å². The molecule has 2 aliphatic carbocycles. The van der Waals surface area contributed by atoms with Crippen molar-refractivity contribution in [2.45, 2.75) is 53.4 Å². The van der Waals surface area contributed by atoms with Crippen LogP contribution < -0.4 is 0 Å². The number of rotatable bonds is 2. The zero-order valence-electron chi connectivity index (χ0n) is 18.7. The first-order valence-corrected chi connectivity index (χ1v) is 18.2. The first-order chi connectivity index (χ1) is 14.0. The summed E-state index contributed by atoms with van der Waals surface area (Å²) in [5, 5.41) is 0. The van der Waals surface area contributed by atoms with E-state index >= 15 is 0 Å². The van der Waals surface area contributed by atoms with Gasteiger partial charge in [-0.3, -0.25) is 0 Å². The van der Waals surface area contributed by atoms with Crippen LogP contribution in [0.2, 0.25) is 0 Å². The average molecular weight is 517 g/mol. The van der Waals surface area contributed by atoms with Crippen molar-refractivity contribution < 1.29 is 18.9 Å². The molecule has 30 heavy (non-hydrogen) atoms. The average Bonchev–Trinajstić information content (AvgIpc) is 3.22. The van der Waals surface area contributed by atoms with Crippen molar-refractivity contribution >= 4 is 31.4 Å². The summed E-state index contributed by atoms with van der Waals surface area (Å²) >= 11 is -2.75. The van der Waals surface area contributed by atoms with E-state index in [0.717, 1.165) is 0 Å². The Morgan fingerprint density at radius 3 is 1.37 bits per heavy atom. The van der Waals surface area contributed by atoms with Crippen LogP contribution in [0.5, 0.6) is 0 Å². The van der Waals surface area contributed by atoms with Crippen LogP contribution in [-0.2, 0) is 18.9 Å². The third-order valence-electron chi connectivity index (χ3n) is 6.34. The molecule has 0 saturated heterocycles. The van der Waals surface area contributed by atoms with Crippen LogP contribution in [0.25, 0.3) is 11.1 Å². The molecule has 0 aromatic heterocycles. The Bertz CT molecular complexity index is 1000. The monoisotopic (exact) mass is 514 g/mol. The second kappa shape index (κ2) is 7.99. The van der Waals surface area contributed by atoms with E-state index in [0.29, 0.717) is 0 Å². The van der Waals surface area contributed by atoms with Gasteiger partial charge in [0.25, 0.3) is 0 Å². The fourth-order valence-corrected chi connectivity index (χ4v) is 10.1. The van der Waals surface area contributed by atoms with Crippen LogP contribution in [-0.4, -0.2) is 3.21 Å². The molecule has 0 nitrogen and oxygen atoms in total. The van der Waals surface area contributed by atoms with Crippen LogP contribution in [0.1, 0.15) is 75.6 Å². The fourth-order valence-electron chi connectivity index (χ4n) is 4.97. The molecule has 0 bridgehead atoms. The van der Waals surface area contributed by atoms with Crippen molar-refractivity contribution in [3.05, 3.63) is 82.9 Å². The summed E-state index contributed by atoms with van der Waals surface area (Å²) < 4.78 is 1.36. The summed E-state index contributed by atoms with van der Waals surface area (Å²) in [4.78, 5) is 0. The quantitative estimate of drug-likeness (QED) is 0.375. The van der Waals surface area contributed by atoms with Gasteiger partial charge in [0, 0.05) is 0 Å². The third kappa shape index (κ3) is 3.92. The minimum absolute atomic E-state index is 0.0815. The zero-order chi connectivity index (χ0) is 21.8. The molecule has 0 amide bonds. The normalized spacial score (nSPS) is 20.4. The fraction of sp³-hybridized carbons (Fsp3) is 0.370. The van der Waals surface area contributed by atoms with Crippen LogP contribution >= 0.6 is 17.0 Å². The maximum atomic E-state index is 6.93. The summed E-state index contributed by atoms with van der Waals surface area (Å²) in [6, 6.07) is 17.6. The van der Waals surface area contributed by atoms with Crippen LogP contribution in [0.4, 0.5) is 0 Å². The van der Waals surface area contributed by atoms with E-state index in [-0.39, 0.29) is 22.7 Å². The number of fused-ring (bicyclic) bond motifs is 2. The van der Waals surface area contributed by atoms with Crippen molar-refractivity contribution in [1.29, 1.82) is 0 Å². The molecular formula is C27H30Cl2Zr. The van der Waals surface area contributed by atoms with Crippen molar-refractivity contribution in [2.75, 3.05) is 0 Å². The Balaban J connectivity index is 1.91. The Morgan fingerprint density at radius 1 is 0.667 bits per heavy atom. The van der Waals surface area contributed by atoms with Gasteiger partial charge >= 0.3 is 197 Å². The maximum absolute atomic E-state index is 6.93. The van der Waals surface area contributed by atoms with Crippen molar-refractivity contribution in [3.63, 3.8) is 0 Å². The Labute approximate surface area is 196 Å². The van der Waals surface area contributed by atoms with E-state index in [9.17, 15) is 0 Å². The number of benzene rings is 2. The molecule has 2 aliphatic rings. The predicted octanol–water partition coefficient (Wildman–Crippen LogP) is 8.54. The molecule has 0 heterocycles. The molecule has 0 radical (unpaired) electrons. The van der Waals surface area contributed by atoms with Crippen molar-refractivity contribution in [2.24, 2.45) is 10.8 Å². The molecule has 2 atom stereocenters. The predicted molar refractivity (Wildman–Crippen MR) is 130 cm³/mol. The van der Waals surface area contributed by atoms with Crippen LogP contribution in [0.3, 0.4) is 0 Å². The SMILES string of the molecule is CC(C)(C)C1=CC([C](C2C=C(C(C)(C)C)c3ccccc32)=[Zr]([Cl])[Cl])c2ccccc21. The second-order valence-corrected chi connectivity index (χ2v) is 18.8. The summed E-state index contributed by atoms with van der Waals surface area (Å²) in [6.07, 6.45) is 4.91. The summed E-state index contributed by atoms with van der Waals surface area (Å²) in [5.74, 6) is 0.405. The number of halogens is 2. The van der Waals surface area contributed by atoms with Crippen molar-refractivity contribution in [1.82, 2.24) is 0 Å². The zero-order valence-corrected chi connectivity index (χ0v) is 22.7. The molecule has 0 aliphatic heterocycles. The van der Waals surface area contributed by atoms with E-state index in [1.54, 1.807) is 0 Å². The first kappa shape index (κ1) is 22.4. The van der Waals surface area contributed by atoms with Gasteiger partial charge in [-0.25, -0.2) is 0 Å². The van der Waals surface area contributed by atoms with Gasteiger partial charge in [0.15, 0.2) is 0 Å². The van der Waals surface area contributed by atoms with Crippen LogP contribution in [0, 0.1) is 10.8 Å². The van der Waals surface area contributed by atoms with Gasteiger partial charge in [0.1, 0.15) is 0 Å². The van der Waals surface area contributed by atoms with Gasteiger partial charge < -0.3 is 0 Å². The number of allylic oxidation sites excluding steroid dienone is 4. The summed E-state index contributed by atoms with van der Waals surface area (Å²) in [6.45, 7) is 13.8. The molecule has 2 unspecified atom stereocenters. The Morgan fingerprint density at radius 2 is 1.03 bits per heavy atom. The summed E-state index contributed by atoms with van der Waals surface area (Å²) in [5.41, 5.74) is 8.43. The molecule has 0 fully saturated rings. The van der Waals surface area contributed by atoms with Gasteiger partial charge in [-0.1, -0.05) is 0 Å².